The fourth-order valence-electron chi connectivity index (χ4n) is 1.55. The number of pyridine rings is 1. The zero-order valence-corrected chi connectivity index (χ0v) is 11.9. The molecule has 0 amide bonds. The van der Waals surface area contributed by atoms with Crippen molar-refractivity contribution in [3.05, 3.63) is 39.2 Å². The van der Waals surface area contributed by atoms with Gasteiger partial charge in [0.2, 0.25) is 0 Å². The Bertz CT molecular complexity index is 538. The predicted molar refractivity (Wildman–Crippen MR) is 72.2 cm³/mol. The highest BCUT2D eigenvalue weighted by molar-refractivity contribution is 9.10. The van der Waals surface area contributed by atoms with Gasteiger partial charge in [0.25, 0.3) is 0 Å². The topological polar surface area (TPSA) is 42.7 Å². The average Bonchev–Trinajstić information content (AvgIpc) is 2.56. The maximum absolute atomic E-state index is 6.06. The molecule has 0 atom stereocenters. The third-order valence-electron chi connectivity index (χ3n) is 2.37. The van der Waals surface area contributed by atoms with E-state index >= 15 is 0 Å². The number of nitrogens with one attached hydrogen (secondary N) is 1. The predicted octanol–water partition coefficient (Wildman–Crippen LogP) is 3.15. The van der Waals surface area contributed by atoms with E-state index in [9.17, 15) is 0 Å². The van der Waals surface area contributed by atoms with Crippen molar-refractivity contribution in [1.29, 1.82) is 0 Å². The second-order valence-electron chi connectivity index (χ2n) is 3.75. The molecule has 2 rings (SSSR count). The van der Waals surface area contributed by atoms with Gasteiger partial charge >= 0.3 is 0 Å². The Labute approximate surface area is 113 Å². The van der Waals surface area contributed by atoms with Gasteiger partial charge in [-0.2, -0.15) is 5.10 Å². The van der Waals surface area contributed by atoms with Crippen LogP contribution in [-0.4, -0.2) is 14.8 Å². The molecule has 0 aromatic carbocycles. The highest BCUT2D eigenvalue weighted by Crippen LogP contribution is 2.23. The first kappa shape index (κ1) is 12.4. The van der Waals surface area contributed by atoms with E-state index in [1.165, 1.54) is 0 Å². The van der Waals surface area contributed by atoms with Gasteiger partial charge in [0, 0.05) is 36.0 Å². The van der Waals surface area contributed by atoms with Crippen molar-refractivity contribution < 1.29 is 0 Å². The summed E-state index contributed by atoms with van der Waals surface area (Å²) in [6.07, 6.45) is 3.69. The Kier molecular flexibility index (Phi) is 3.69. The lowest BCUT2D eigenvalue weighted by Gasteiger charge is -2.06. The zero-order valence-electron chi connectivity index (χ0n) is 9.54. The van der Waals surface area contributed by atoms with E-state index in [1.807, 2.05) is 26.2 Å². The van der Waals surface area contributed by atoms with Crippen LogP contribution in [0.1, 0.15) is 11.3 Å². The number of aryl methyl sites for hydroxylation is 2. The molecule has 2 aromatic rings. The Morgan fingerprint density at radius 1 is 1.53 bits per heavy atom. The third-order valence-corrected chi connectivity index (χ3v) is 3.09. The van der Waals surface area contributed by atoms with Gasteiger partial charge in [0.1, 0.15) is 5.82 Å². The van der Waals surface area contributed by atoms with Crippen LogP contribution in [0.5, 0.6) is 0 Å². The summed E-state index contributed by atoms with van der Waals surface area (Å²) < 4.78 is 2.66. The third kappa shape index (κ3) is 2.98. The second-order valence-corrected chi connectivity index (χ2v) is 5.07. The van der Waals surface area contributed by atoms with E-state index in [0.29, 0.717) is 17.4 Å². The molecular weight excluding hydrogens is 304 g/mol. The molecule has 0 bridgehead atoms. The first-order valence-corrected chi connectivity index (χ1v) is 6.27. The normalized spacial score (nSPS) is 10.6. The monoisotopic (exact) mass is 314 g/mol. The molecule has 1 N–H and O–H groups in total. The van der Waals surface area contributed by atoms with Gasteiger partial charge in [0.15, 0.2) is 0 Å². The van der Waals surface area contributed by atoms with Crippen molar-refractivity contribution >= 4 is 33.3 Å². The molecule has 0 radical (unpaired) electrons. The lowest BCUT2D eigenvalue weighted by atomic mass is 10.2. The van der Waals surface area contributed by atoms with E-state index < -0.39 is 0 Å². The summed E-state index contributed by atoms with van der Waals surface area (Å²) in [5.74, 6) is 0.679. The van der Waals surface area contributed by atoms with Crippen molar-refractivity contribution in [2.45, 2.75) is 13.5 Å². The van der Waals surface area contributed by atoms with Crippen LogP contribution in [0, 0.1) is 6.92 Å². The zero-order chi connectivity index (χ0) is 12.4. The molecule has 2 aromatic heterocycles. The largest absolute Gasteiger partial charge is 0.365 e. The lowest BCUT2D eigenvalue weighted by molar-refractivity contribution is 0.756. The summed E-state index contributed by atoms with van der Waals surface area (Å²) in [6, 6.07) is 1.81. The van der Waals surface area contributed by atoms with Crippen LogP contribution in [0.25, 0.3) is 0 Å². The fourth-order valence-corrected chi connectivity index (χ4v) is 2.24. The molecule has 0 saturated carbocycles. The van der Waals surface area contributed by atoms with Gasteiger partial charge in [-0.25, -0.2) is 4.98 Å². The molecule has 4 nitrogen and oxygen atoms in total. The van der Waals surface area contributed by atoms with Crippen molar-refractivity contribution in [1.82, 2.24) is 14.8 Å². The number of aromatic nitrogens is 3. The molecule has 2 heterocycles. The molecule has 17 heavy (non-hydrogen) atoms. The summed E-state index contributed by atoms with van der Waals surface area (Å²) in [6.45, 7) is 2.64. The summed E-state index contributed by atoms with van der Waals surface area (Å²) in [7, 11) is 1.90. The van der Waals surface area contributed by atoms with Gasteiger partial charge in [-0.05, 0) is 28.9 Å². The fraction of sp³-hybridized carbons (Fsp3) is 0.273. The molecule has 0 saturated heterocycles. The minimum absolute atomic E-state index is 0.598. The van der Waals surface area contributed by atoms with Crippen LogP contribution in [0.4, 0.5) is 5.82 Å². The Morgan fingerprint density at radius 3 is 2.88 bits per heavy atom. The summed E-state index contributed by atoms with van der Waals surface area (Å²) in [5.41, 5.74) is 2.14. The summed E-state index contributed by atoms with van der Waals surface area (Å²) in [4.78, 5) is 4.21. The van der Waals surface area contributed by atoms with E-state index in [0.717, 1.165) is 15.7 Å². The van der Waals surface area contributed by atoms with Crippen molar-refractivity contribution in [3.63, 3.8) is 0 Å². The molecule has 0 unspecified atom stereocenters. The Hall–Kier alpha value is -1.07. The number of anilines is 1. The van der Waals surface area contributed by atoms with Gasteiger partial charge in [-0.15, -0.1) is 0 Å². The van der Waals surface area contributed by atoms with Crippen LogP contribution in [0.15, 0.2) is 22.9 Å². The van der Waals surface area contributed by atoms with Gasteiger partial charge in [-0.1, -0.05) is 11.6 Å². The molecule has 0 aliphatic carbocycles. The van der Waals surface area contributed by atoms with E-state index in [4.69, 9.17) is 11.6 Å². The molecule has 90 valence electrons. The van der Waals surface area contributed by atoms with Crippen LogP contribution < -0.4 is 5.32 Å². The van der Waals surface area contributed by atoms with Crippen molar-refractivity contribution in [2.75, 3.05) is 5.32 Å². The summed E-state index contributed by atoms with van der Waals surface area (Å²) in [5, 5.41) is 8.07. The highest BCUT2D eigenvalue weighted by Gasteiger charge is 2.05. The minimum Gasteiger partial charge on any atom is -0.365 e. The van der Waals surface area contributed by atoms with Crippen molar-refractivity contribution in [3.8, 4) is 0 Å². The number of halogens is 2. The molecule has 0 spiro atoms. The number of rotatable bonds is 3. The summed E-state index contributed by atoms with van der Waals surface area (Å²) >= 11 is 9.38. The quantitative estimate of drug-likeness (QED) is 0.946. The van der Waals surface area contributed by atoms with E-state index in [-0.39, 0.29) is 0 Å². The molecule has 0 aliphatic heterocycles. The van der Waals surface area contributed by atoms with Crippen LogP contribution in [0.3, 0.4) is 0 Å². The van der Waals surface area contributed by atoms with Crippen LogP contribution in [-0.2, 0) is 13.6 Å². The Morgan fingerprint density at radius 2 is 2.29 bits per heavy atom. The molecule has 0 fully saturated rings. The van der Waals surface area contributed by atoms with E-state index in [1.54, 1.807) is 10.9 Å². The number of hydrogen-bond acceptors (Lipinski definition) is 3. The minimum atomic E-state index is 0.598. The maximum atomic E-state index is 6.06. The van der Waals surface area contributed by atoms with Gasteiger partial charge < -0.3 is 5.32 Å². The first-order valence-electron chi connectivity index (χ1n) is 5.10. The first-order chi connectivity index (χ1) is 8.06. The van der Waals surface area contributed by atoms with Crippen LogP contribution in [0.2, 0.25) is 5.02 Å². The smallest absolute Gasteiger partial charge is 0.145 e. The SMILES string of the molecule is Cc1nn(C)cc1CNc1ncc(Br)cc1Cl. The van der Waals surface area contributed by atoms with Gasteiger partial charge in [-0.3, -0.25) is 4.68 Å². The lowest BCUT2D eigenvalue weighted by Crippen LogP contribution is -2.02. The molecule has 6 heteroatoms. The highest BCUT2D eigenvalue weighted by atomic mass is 79.9. The number of nitrogens with zero attached hydrogens (tertiary/aromatic N) is 3. The average molecular weight is 316 g/mol. The molecular formula is C11H12BrClN4. The molecule has 0 aliphatic rings. The van der Waals surface area contributed by atoms with Crippen molar-refractivity contribution in [2.24, 2.45) is 7.05 Å². The Balaban J connectivity index is 2.10. The number of hydrogen-bond donors (Lipinski definition) is 1. The van der Waals surface area contributed by atoms with Crippen LogP contribution >= 0.6 is 27.5 Å². The standard InChI is InChI=1S/C11H12BrClN4/c1-7-8(6-17(2)16-7)4-14-11-10(13)3-9(12)5-15-11/h3,5-6H,4H2,1-2H3,(H,14,15). The second kappa shape index (κ2) is 5.06. The maximum Gasteiger partial charge on any atom is 0.145 e. The van der Waals surface area contributed by atoms with Gasteiger partial charge in [0.05, 0.1) is 10.7 Å². The van der Waals surface area contributed by atoms with E-state index in [2.05, 4.69) is 31.3 Å².